The second kappa shape index (κ2) is 5.09. The van der Waals surface area contributed by atoms with Crippen LogP contribution in [-0.2, 0) is 19.1 Å². The van der Waals surface area contributed by atoms with E-state index in [1.807, 2.05) is 0 Å². The minimum Gasteiger partial charge on any atom is -0.462 e. The van der Waals surface area contributed by atoms with Gasteiger partial charge in [0.15, 0.2) is 0 Å². The second-order valence-electron chi connectivity index (χ2n) is 8.59. The molecule has 0 aliphatic heterocycles. The Morgan fingerprint density at radius 3 is 2.22 bits per heavy atom. The van der Waals surface area contributed by atoms with Gasteiger partial charge in [-0.2, -0.15) is 0 Å². The van der Waals surface area contributed by atoms with Crippen molar-refractivity contribution in [1.82, 2.24) is 0 Å². The minimum atomic E-state index is -0.265. The highest BCUT2D eigenvalue weighted by Gasteiger charge is 2.67. The molecule has 3 aliphatic rings. The third-order valence-electron chi connectivity index (χ3n) is 6.71. The van der Waals surface area contributed by atoms with Crippen LogP contribution in [0.2, 0.25) is 0 Å². The Balaban J connectivity index is 2.06. The van der Waals surface area contributed by atoms with Gasteiger partial charge in [-0.1, -0.05) is 32.9 Å². The number of esters is 2. The maximum atomic E-state index is 11.7. The van der Waals surface area contributed by atoms with Gasteiger partial charge >= 0.3 is 11.9 Å². The quantitative estimate of drug-likeness (QED) is 0.577. The van der Waals surface area contributed by atoms with Gasteiger partial charge in [-0.15, -0.1) is 0 Å². The van der Waals surface area contributed by atoms with E-state index in [4.69, 9.17) is 9.47 Å². The van der Waals surface area contributed by atoms with E-state index in [2.05, 4.69) is 27.4 Å². The smallest absolute Gasteiger partial charge is 0.302 e. The summed E-state index contributed by atoms with van der Waals surface area (Å²) < 4.78 is 11.4. The second-order valence-corrected chi connectivity index (χ2v) is 8.59. The normalized spacial score (nSPS) is 43.9. The predicted molar refractivity (Wildman–Crippen MR) is 86.5 cm³/mol. The molecule has 0 heterocycles. The first kappa shape index (κ1) is 16.5. The third-order valence-corrected chi connectivity index (χ3v) is 6.71. The zero-order chi connectivity index (χ0) is 17.2. The summed E-state index contributed by atoms with van der Waals surface area (Å²) in [7, 11) is 0. The summed E-state index contributed by atoms with van der Waals surface area (Å²) in [5.41, 5.74) is 1.04. The van der Waals surface area contributed by atoms with Gasteiger partial charge in [-0.05, 0) is 30.6 Å². The van der Waals surface area contributed by atoms with E-state index in [0.717, 1.165) is 12.8 Å². The summed E-state index contributed by atoms with van der Waals surface area (Å²) in [6.45, 7) is 13.9. The summed E-state index contributed by atoms with van der Waals surface area (Å²) in [6, 6.07) is 0. The van der Waals surface area contributed by atoms with Crippen molar-refractivity contribution in [2.24, 2.45) is 28.6 Å². The summed E-state index contributed by atoms with van der Waals surface area (Å²) >= 11 is 0. The van der Waals surface area contributed by atoms with Crippen molar-refractivity contribution in [3.63, 3.8) is 0 Å². The lowest BCUT2D eigenvalue weighted by Gasteiger charge is -2.42. The number of allylic oxidation sites excluding steroid dienone is 1. The Morgan fingerprint density at radius 1 is 1.09 bits per heavy atom. The van der Waals surface area contributed by atoms with Crippen LogP contribution in [0, 0.1) is 28.6 Å². The zero-order valence-corrected chi connectivity index (χ0v) is 14.8. The molecule has 4 bridgehead atoms. The Bertz CT molecular complexity index is 564. The Hall–Kier alpha value is -1.32. The fraction of sp³-hybridized carbons (Fsp3) is 0.789. The van der Waals surface area contributed by atoms with Crippen LogP contribution in [-0.4, -0.2) is 24.1 Å². The average molecular weight is 320 g/mol. The van der Waals surface area contributed by atoms with Gasteiger partial charge in [-0.3, -0.25) is 9.59 Å². The summed E-state index contributed by atoms with van der Waals surface area (Å²) in [6.07, 6.45) is 2.24. The van der Waals surface area contributed by atoms with Crippen LogP contribution in [0.25, 0.3) is 0 Å². The number of hydrogen-bond donors (Lipinski definition) is 0. The van der Waals surface area contributed by atoms with E-state index in [1.165, 1.54) is 19.4 Å². The van der Waals surface area contributed by atoms with Gasteiger partial charge in [0, 0.05) is 31.1 Å². The number of carbonyl (C=O) groups is 2. The summed E-state index contributed by atoms with van der Waals surface area (Å²) in [4.78, 5) is 23.3. The molecule has 0 amide bonds. The molecule has 0 N–H and O–H groups in total. The van der Waals surface area contributed by atoms with Gasteiger partial charge in [0.25, 0.3) is 0 Å². The molecule has 0 saturated heterocycles. The molecule has 3 fully saturated rings. The van der Waals surface area contributed by atoms with Crippen LogP contribution in [0.3, 0.4) is 0 Å². The average Bonchev–Trinajstić information content (AvgIpc) is 2.85. The molecule has 6 atom stereocenters. The molecule has 128 valence electrons. The largest absolute Gasteiger partial charge is 0.462 e. The Kier molecular flexibility index (Phi) is 3.66. The topological polar surface area (TPSA) is 52.6 Å². The van der Waals surface area contributed by atoms with Crippen LogP contribution in [0.4, 0.5) is 0 Å². The highest BCUT2D eigenvalue weighted by molar-refractivity contribution is 5.67. The molecular weight excluding hydrogens is 292 g/mol. The van der Waals surface area contributed by atoms with E-state index in [-0.39, 0.29) is 35.0 Å². The van der Waals surface area contributed by atoms with Crippen LogP contribution in [0.1, 0.15) is 53.9 Å². The van der Waals surface area contributed by atoms with Gasteiger partial charge in [-0.25, -0.2) is 0 Å². The Morgan fingerprint density at radius 2 is 1.65 bits per heavy atom. The van der Waals surface area contributed by atoms with E-state index < -0.39 is 0 Å². The van der Waals surface area contributed by atoms with Gasteiger partial charge in [0.2, 0.25) is 0 Å². The number of hydrogen-bond acceptors (Lipinski definition) is 4. The maximum absolute atomic E-state index is 11.7. The predicted octanol–water partition coefficient (Wildman–Crippen LogP) is 3.50. The first-order chi connectivity index (χ1) is 10.6. The molecule has 23 heavy (non-hydrogen) atoms. The van der Waals surface area contributed by atoms with E-state index >= 15 is 0 Å². The van der Waals surface area contributed by atoms with E-state index in [9.17, 15) is 9.59 Å². The molecule has 0 unspecified atom stereocenters. The zero-order valence-electron chi connectivity index (χ0n) is 14.8. The number of ether oxygens (including phenoxy) is 2. The van der Waals surface area contributed by atoms with Crippen molar-refractivity contribution in [3.8, 4) is 0 Å². The molecule has 0 aromatic heterocycles. The third kappa shape index (κ3) is 2.33. The molecule has 3 saturated carbocycles. The minimum absolute atomic E-state index is 0.0947. The lowest BCUT2D eigenvalue weighted by molar-refractivity contribution is -0.165. The monoisotopic (exact) mass is 320 g/mol. The van der Waals surface area contributed by atoms with Crippen LogP contribution < -0.4 is 0 Å². The van der Waals surface area contributed by atoms with Crippen molar-refractivity contribution in [3.05, 3.63) is 12.2 Å². The van der Waals surface area contributed by atoms with Crippen LogP contribution in [0.15, 0.2) is 12.2 Å². The summed E-state index contributed by atoms with van der Waals surface area (Å²) in [5.74, 6) is 0.794. The van der Waals surface area contributed by atoms with Gasteiger partial charge in [0.1, 0.15) is 12.2 Å². The lowest BCUT2D eigenvalue weighted by Crippen LogP contribution is -2.44. The fourth-order valence-electron chi connectivity index (χ4n) is 6.02. The molecule has 3 rings (SSSR count). The van der Waals surface area contributed by atoms with Crippen molar-refractivity contribution >= 4 is 11.9 Å². The van der Waals surface area contributed by atoms with Gasteiger partial charge in [0.05, 0.1) is 0 Å². The lowest BCUT2D eigenvalue weighted by atomic mass is 9.68. The molecule has 0 aromatic carbocycles. The molecule has 0 aromatic rings. The van der Waals surface area contributed by atoms with Gasteiger partial charge < -0.3 is 9.47 Å². The first-order valence-electron chi connectivity index (χ1n) is 8.59. The first-order valence-corrected chi connectivity index (χ1v) is 8.59. The molecule has 4 heteroatoms. The SMILES string of the molecule is C=C1C[C@H]2C[C@]3(C)[C@H](OC(C)=O)C[C@@H](OC(C)=O)C(C)(C)[C@H]2[C@H]13. The Labute approximate surface area is 138 Å². The summed E-state index contributed by atoms with van der Waals surface area (Å²) in [5, 5.41) is 0. The fourth-order valence-corrected chi connectivity index (χ4v) is 6.02. The van der Waals surface area contributed by atoms with Crippen LogP contribution >= 0.6 is 0 Å². The molecule has 4 nitrogen and oxygen atoms in total. The highest BCUT2D eigenvalue weighted by atomic mass is 16.6. The molecule has 0 radical (unpaired) electrons. The van der Waals surface area contributed by atoms with E-state index in [1.54, 1.807) is 0 Å². The molecule has 3 aliphatic carbocycles. The van der Waals surface area contributed by atoms with Crippen molar-refractivity contribution < 1.29 is 19.1 Å². The standard InChI is InChI=1S/C19H28O4/c1-10-7-13-9-19(6)15(23-12(3)21)8-14(22-11(2)20)18(4,5)17(13)16(10)19/h13-17H,1,7-9H2,2-6H3/t13-,14+,15+,16-,17+,19+/m0/s1. The van der Waals surface area contributed by atoms with E-state index in [0.29, 0.717) is 24.2 Å². The molecule has 0 spiro atoms. The van der Waals surface area contributed by atoms with Crippen molar-refractivity contribution in [1.29, 1.82) is 0 Å². The molecular formula is C19H28O4. The highest BCUT2D eigenvalue weighted by Crippen LogP contribution is 2.70. The number of carbonyl (C=O) groups excluding carboxylic acids is 2. The van der Waals surface area contributed by atoms with Crippen molar-refractivity contribution in [2.45, 2.75) is 66.1 Å². The van der Waals surface area contributed by atoms with Crippen molar-refractivity contribution in [2.75, 3.05) is 0 Å². The number of rotatable bonds is 2. The van der Waals surface area contributed by atoms with Crippen LogP contribution in [0.5, 0.6) is 0 Å². The maximum Gasteiger partial charge on any atom is 0.302 e.